The second kappa shape index (κ2) is 12.1. The zero-order valence-corrected chi connectivity index (χ0v) is 25.5. The Morgan fingerprint density at radius 2 is 2.02 bits per heavy atom. The second-order valence-electron chi connectivity index (χ2n) is 10.9. The summed E-state index contributed by atoms with van der Waals surface area (Å²) in [5.74, 6) is -0.0551. The molecule has 42 heavy (non-hydrogen) atoms. The van der Waals surface area contributed by atoms with Crippen LogP contribution in [0.4, 0.5) is 10.2 Å². The highest BCUT2D eigenvalue weighted by molar-refractivity contribution is 6.36. The zero-order valence-electron chi connectivity index (χ0n) is 23.2. The number of fused-ring (bicyclic) bond motifs is 5. The lowest BCUT2D eigenvalue weighted by Gasteiger charge is -2.36. The van der Waals surface area contributed by atoms with Crippen LogP contribution in [0.15, 0.2) is 40.6 Å². The molecule has 0 saturated carbocycles. The molecule has 2 saturated heterocycles. The fourth-order valence-corrected chi connectivity index (χ4v) is 7.02. The number of ether oxygens (including phenoxy) is 2. The van der Waals surface area contributed by atoms with Gasteiger partial charge in [-0.2, -0.15) is 9.97 Å². The number of benzene rings is 1. The van der Waals surface area contributed by atoms with Gasteiger partial charge in [0, 0.05) is 60.4 Å². The molecule has 2 fully saturated rings. The number of carbonyl (C=O) groups excluding carboxylic acids is 1. The van der Waals surface area contributed by atoms with Gasteiger partial charge >= 0.3 is 6.01 Å². The number of aromatic nitrogens is 2. The molecule has 6 rings (SSSR count). The summed E-state index contributed by atoms with van der Waals surface area (Å²) >= 11 is 19.8. The van der Waals surface area contributed by atoms with E-state index in [1.807, 2.05) is 0 Å². The number of alkyl halides is 1. The summed E-state index contributed by atoms with van der Waals surface area (Å²) in [6.07, 6.45) is 3.30. The van der Waals surface area contributed by atoms with E-state index in [2.05, 4.69) is 28.7 Å². The zero-order chi connectivity index (χ0) is 29.5. The van der Waals surface area contributed by atoms with Gasteiger partial charge in [-0.05, 0) is 44.7 Å². The Morgan fingerprint density at radius 3 is 2.74 bits per heavy atom. The van der Waals surface area contributed by atoms with Crippen molar-refractivity contribution in [1.82, 2.24) is 25.1 Å². The Morgan fingerprint density at radius 1 is 1.24 bits per heavy atom. The number of nitrogens with one attached hydrogen (secondary N) is 1. The third kappa shape index (κ3) is 5.38. The van der Waals surface area contributed by atoms with E-state index in [4.69, 9.17) is 54.2 Å². The Hall–Kier alpha value is -2.79. The number of hydrogen-bond acceptors (Lipinski definition) is 8. The fourth-order valence-electron chi connectivity index (χ4n) is 6.11. The van der Waals surface area contributed by atoms with Gasteiger partial charge in [-0.1, -0.05) is 41.4 Å². The molecule has 13 heteroatoms. The molecule has 1 amide bonds. The van der Waals surface area contributed by atoms with Crippen molar-refractivity contribution in [3.8, 4) is 11.8 Å². The molecule has 0 radical (unpaired) electrons. The smallest absolute Gasteiger partial charge is 0.319 e. The second-order valence-corrected chi connectivity index (χ2v) is 12.1. The topological polar surface area (TPSA) is 83.1 Å². The van der Waals surface area contributed by atoms with Gasteiger partial charge in [0.05, 0.1) is 16.0 Å². The Balaban J connectivity index is 1.47. The van der Waals surface area contributed by atoms with Gasteiger partial charge in [-0.3, -0.25) is 4.79 Å². The molecule has 1 unspecified atom stereocenters. The molecule has 1 N–H and O–H groups in total. The standard InChI is InChI=1S/C29H32Cl3FN6O3/c1-3-21(40)38-8-10-39(11-9-38)28-17-13-18(30)22-23-24(33)19(31)14-20(32)26(23)34-6-12-41-27(22)25(17)35-29(36-28)42-15-16-5-4-7-37(16)2/h3,13-14,16,23-24,34H,1,4-12,15H2,2H3/t16-,23?,24+/m0/s1. The normalized spacial score (nSPS) is 24.7. The number of amides is 1. The van der Waals surface area contributed by atoms with Crippen LogP contribution in [0, 0.1) is 0 Å². The predicted octanol–water partition coefficient (Wildman–Crippen LogP) is 4.58. The Labute approximate surface area is 258 Å². The molecule has 0 bridgehead atoms. The van der Waals surface area contributed by atoms with Crippen molar-refractivity contribution >= 4 is 57.4 Å². The van der Waals surface area contributed by atoms with Crippen molar-refractivity contribution in [3.05, 3.63) is 51.1 Å². The first-order valence-corrected chi connectivity index (χ1v) is 15.2. The molecule has 9 nitrogen and oxygen atoms in total. The molecule has 1 aromatic heterocycles. The van der Waals surface area contributed by atoms with Crippen LogP contribution in [0.25, 0.3) is 10.9 Å². The minimum atomic E-state index is -1.59. The van der Waals surface area contributed by atoms with Crippen LogP contribution in [0.2, 0.25) is 5.02 Å². The molecular weight excluding hydrogens is 606 g/mol. The average molecular weight is 638 g/mol. The van der Waals surface area contributed by atoms with Crippen molar-refractivity contribution in [1.29, 1.82) is 0 Å². The van der Waals surface area contributed by atoms with Gasteiger partial charge in [0.15, 0.2) is 5.75 Å². The number of allylic oxidation sites excluding steroid dienone is 4. The first-order chi connectivity index (χ1) is 20.3. The molecule has 1 aliphatic carbocycles. The van der Waals surface area contributed by atoms with Gasteiger partial charge < -0.3 is 29.5 Å². The monoisotopic (exact) mass is 636 g/mol. The number of anilines is 1. The minimum absolute atomic E-state index is 0.0155. The maximum Gasteiger partial charge on any atom is 0.319 e. The first-order valence-electron chi connectivity index (χ1n) is 14.1. The van der Waals surface area contributed by atoms with Gasteiger partial charge in [0.1, 0.15) is 30.7 Å². The lowest BCUT2D eigenvalue weighted by molar-refractivity contribution is -0.126. The van der Waals surface area contributed by atoms with Gasteiger partial charge in [-0.25, -0.2) is 4.39 Å². The van der Waals surface area contributed by atoms with E-state index in [0.29, 0.717) is 78.1 Å². The van der Waals surface area contributed by atoms with Crippen molar-refractivity contribution in [3.63, 3.8) is 0 Å². The van der Waals surface area contributed by atoms with E-state index in [-0.39, 0.29) is 34.6 Å². The van der Waals surface area contributed by atoms with E-state index in [1.165, 1.54) is 12.2 Å². The van der Waals surface area contributed by atoms with Gasteiger partial charge in [0.25, 0.3) is 0 Å². The quantitative estimate of drug-likeness (QED) is 0.478. The molecule has 1 aromatic carbocycles. The minimum Gasteiger partial charge on any atom is -0.489 e. The number of nitrogens with zero attached hydrogens (tertiary/aromatic N) is 5. The fraction of sp³-hybridized carbons (Fsp3) is 0.483. The molecule has 224 valence electrons. The highest BCUT2D eigenvalue weighted by Gasteiger charge is 2.40. The number of likely N-dealkylation sites (tertiary alicyclic amines) is 1. The summed E-state index contributed by atoms with van der Waals surface area (Å²) in [5, 5.41) is 4.44. The molecular formula is C29H32Cl3FN6O3. The number of carbonyl (C=O) groups is 1. The average Bonchev–Trinajstić information content (AvgIpc) is 3.39. The van der Waals surface area contributed by atoms with Gasteiger partial charge in [0.2, 0.25) is 5.91 Å². The van der Waals surface area contributed by atoms with Crippen molar-refractivity contribution in [2.45, 2.75) is 31.0 Å². The molecule has 2 aromatic rings. The maximum absolute atomic E-state index is 15.8. The van der Waals surface area contributed by atoms with Gasteiger partial charge in [-0.15, -0.1) is 0 Å². The third-order valence-corrected chi connectivity index (χ3v) is 9.34. The molecule has 0 spiro atoms. The summed E-state index contributed by atoms with van der Waals surface area (Å²) in [6, 6.07) is 2.20. The van der Waals surface area contributed by atoms with Crippen LogP contribution < -0.4 is 19.7 Å². The van der Waals surface area contributed by atoms with E-state index in [9.17, 15) is 4.79 Å². The highest BCUT2D eigenvalue weighted by atomic mass is 35.5. The van der Waals surface area contributed by atoms with Crippen molar-refractivity contribution in [2.24, 2.45) is 0 Å². The summed E-state index contributed by atoms with van der Waals surface area (Å²) in [6.45, 7) is 7.79. The summed E-state index contributed by atoms with van der Waals surface area (Å²) in [5.41, 5.74) is 1.38. The van der Waals surface area contributed by atoms with Crippen LogP contribution in [-0.4, -0.2) is 97.4 Å². The Kier molecular flexibility index (Phi) is 8.42. The SMILES string of the molecule is C=CC(=O)N1CCN(c2nc(OC[C@@H]3CCCN3C)nc3c4c(c(Cl)cc23)C2C(=C(Cl)C=C(Cl)[C@H]2F)NCCO4)CC1. The van der Waals surface area contributed by atoms with E-state index >= 15 is 4.39 Å². The van der Waals surface area contributed by atoms with E-state index < -0.39 is 12.1 Å². The molecule has 4 heterocycles. The third-order valence-electron chi connectivity index (χ3n) is 8.40. The van der Waals surface area contributed by atoms with Crippen LogP contribution >= 0.6 is 34.8 Å². The summed E-state index contributed by atoms with van der Waals surface area (Å²) in [4.78, 5) is 28.0. The molecule has 4 aliphatic rings. The van der Waals surface area contributed by atoms with Crippen LogP contribution in [-0.2, 0) is 4.79 Å². The predicted molar refractivity (Wildman–Crippen MR) is 163 cm³/mol. The van der Waals surface area contributed by atoms with Crippen LogP contribution in [0.5, 0.6) is 11.8 Å². The molecule has 3 atom stereocenters. The van der Waals surface area contributed by atoms with Crippen LogP contribution in [0.3, 0.4) is 0 Å². The van der Waals surface area contributed by atoms with Crippen molar-refractivity contribution in [2.75, 3.05) is 64.4 Å². The lowest BCUT2D eigenvalue weighted by atomic mass is 9.85. The summed E-state index contributed by atoms with van der Waals surface area (Å²) in [7, 11) is 2.08. The number of halogens is 4. The van der Waals surface area contributed by atoms with E-state index in [0.717, 1.165) is 19.4 Å². The summed E-state index contributed by atoms with van der Waals surface area (Å²) < 4.78 is 28.3. The first kappa shape index (κ1) is 29.3. The van der Waals surface area contributed by atoms with Crippen molar-refractivity contribution < 1.29 is 18.7 Å². The maximum atomic E-state index is 15.8. The lowest BCUT2D eigenvalue weighted by Crippen LogP contribution is -2.48. The highest BCUT2D eigenvalue weighted by Crippen LogP contribution is 2.50. The number of rotatable bonds is 5. The van der Waals surface area contributed by atoms with E-state index in [1.54, 1.807) is 11.0 Å². The number of hydrogen-bond donors (Lipinski definition) is 1. The van der Waals surface area contributed by atoms with Crippen LogP contribution in [0.1, 0.15) is 24.3 Å². The number of piperazine rings is 1. The number of likely N-dealkylation sites (N-methyl/N-ethyl adjacent to an activating group) is 1. The largest absolute Gasteiger partial charge is 0.489 e. The molecule has 3 aliphatic heterocycles. The Bertz CT molecular complexity index is 1480.